The van der Waals surface area contributed by atoms with Gasteiger partial charge in [0.15, 0.2) is 12.2 Å². The summed E-state index contributed by atoms with van der Waals surface area (Å²) in [7, 11) is 3.12. The molecule has 2 heterocycles. The van der Waals surface area contributed by atoms with Crippen molar-refractivity contribution >= 4 is 24.0 Å². The van der Waals surface area contributed by atoms with Crippen molar-refractivity contribution in [2.75, 3.05) is 27.4 Å². The summed E-state index contributed by atoms with van der Waals surface area (Å²) in [5.41, 5.74) is 1.44. The summed E-state index contributed by atoms with van der Waals surface area (Å²) in [4.78, 5) is 37.5. The minimum Gasteiger partial charge on any atom is -0.497 e. The van der Waals surface area contributed by atoms with E-state index in [0.717, 1.165) is 11.3 Å². The Labute approximate surface area is 236 Å². The summed E-state index contributed by atoms with van der Waals surface area (Å²) >= 11 is 0. The molecule has 0 bridgehead atoms. The van der Waals surface area contributed by atoms with E-state index < -0.39 is 42.3 Å². The van der Waals surface area contributed by atoms with Crippen LogP contribution < -0.4 is 14.2 Å². The minimum absolute atomic E-state index is 0.106. The fraction of sp³-hybridized carbons (Fsp3) is 0.258. The Hall–Kier alpha value is -4.67. The Kier molecular flexibility index (Phi) is 8.61. The summed E-state index contributed by atoms with van der Waals surface area (Å²) in [5.74, 6) is -0.0410. The van der Waals surface area contributed by atoms with Gasteiger partial charge in [-0.15, -0.1) is 0 Å². The van der Waals surface area contributed by atoms with E-state index >= 15 is 0 Å². The highest BCUT2D eigenvalue weighted by Gasteiger charge is 2.51. The van der Waals surface area contributed by atoms with E-state index in [2.05, 4.69) is 0 Å². The van der Waals surface area contributed by atoms with Gasteiger partial charge >= 0.3 is 17.9 Å². The van der Waals surface area contributed by atoms with Gasteiger partial charge in [0.05, 0.1) is 38.6 Å². The molecular weight excluding hydrogens is 532 g/mol. The monoisotopic (exact) mass is 560 g/mol. The quantitative estimate of drug-likeness (QED) is 0.217. The topological polar surface area (TPSA) is 116 Å². The van der Waals surface area contributed by atoms with E-state index in [1.807, 2.05) is 12.1 Å². The van der Waals surface area contributed by atoms with Crippen LogP contribution in [-0.2, 0) is 23.7 Å². The molecule has 10 heteroatoms. The van der Waals surface area contributed by atoms with Crippen LogP contribution in [-0.4, -0.2) is 69.8 Å². The van der Waals surface area contributed by atoms with Crippen LogP contribution in [0.25, 0.3) is 6.08 Å². The van der Waals surface area contributed by atoms with Gasteiger partial charge in [-0.05, 0) is 72.3 Å². The Morgan fingerprint density at radius 1 is 0.659 bits per heavy atom. The van der Waals surface area contributed by atoms with Gasteiger partial charge in [0.1, 0.15) is 29.5 Å². The number of carbonyl (C=O) groups is 3. The first-order chi connectivity index (χ1) is 19.9. The lowest BCUT2D eigenvalue weighted by Gasteiger charge is -2.17. The molecule has 3 aromatic carbocycles. The van der Waals surface area contributed by atoms with E-state index in [-0.39, 0.29) is 24.5 Å². The molecule has 3 aromatic rings. The van der Waals surface area contributed by atoms with Crippen LogP contribution in [0.1, 0.15) is 26.3 Å². The molecule has 0 aliphatic carbocycles. The van der Waals surface area contributed by atoms with Gasteiger partial charge in [-0.25, -0.2) is 14.4 Å². The van der Waals surface area contributed by atoms with Crippen LogP contribution in [0.3, 0.4) is 0 Å². The smallest absolute Gasteiger partial charge is 0.343 e. The van der Waals surface area contributed by atoms with E-state index in [9.17, 15) is 14.4 Å². The largest absolute Gasteiger partial charge is 0.497 e. The van der Waals surface area contributed by atoms with E-state index in [1.165, 1.54) is 37.5 Å². The highest BCUT2D eigenvalue weighted by molar-refractivity contribution is 5.92. The number of fused-ring (bicyclic) bond motifs is 1. The van der Waals surface area contributed by atoms with Crippen LogP contribution in [0, 0.1) is 0 Å². The van der Waals surface area contributed by atoms with Crippen molar-refractivity contribution in [3.63, 3.8) is 0 Å². The average Bonchev–Trinajstić information content (AvgIpc) is 3.59. The van der Waals surface area contributed by atoms with Crippen molar-refractivity contribution in [1.29, 1.82) is 0 Å². The normalized spacial score (nSPS) is 21.2. The van der Waals surface area contributed by atoms with Crippen LogP contribution in [0.4, 0.5) is 0 Å². The number of rotatable bonds is 9. The summed E-state index contributed by atoms with van der Waals surface area (Å²) in [5, 5.41) is 0. The zero-order chi connectivity index (χ0) is 28.8. The number of benzene rings is 3. The van der Waals surface area contributed by atoms with Crippen LogP contribution in [0.15, 0.2) is 78.9 Å². The maximum absolute atomic E-state index is 12.8. The zero-order valence-corrected chi connectivity index (χ0v) is 22.4. The van der Waals surface area contributed by atoms with Gasteiger partial charge < -0.3 is 33.2 Å². The molecule has 2 aliphatic heterocycles. The molecule has 0 saturated carbocycles. The van der Waals surface area contributed by atoms with Gasteiger partial charge in [-0.2, -0.15) is 0 Å². The van der Waals surface area contributed by atoms with Crippen molar-refractivity contribution in [3.8, 4) is 17.2 Å². The summed E-state index contributed by atoms with van der Waals surface area (Å²) in [6, 6.07) is 19.8. The zero-order valence-electron chi connectivity index (χ0n) is 22.4. The lowest BCUT2D eigenvalue weighted by molar-refractivity contribution is -0.147. The summed E-state index contributed by atoms with van der Waals surface area (Å²) < 4.78 is 38.3. The van der Waals surface area contributed by atoms with Crippen molar-refractivity contribution in [2.45, 2.75) is 24.4 Å². The molecule has 0 amide bonds. The molecule has 0 aromatic heterocycles. The molecule has 2 fully saturated rings. The van der Waals surface area contributed by atoms with Gasteiger partial charge in [-0.1, -0.05) is 12.1 Å². The number of esters is 3. The van der Waals surface area contributed by atoms with Gasteiger partial charge in [-0.3, -0.25) is 0 Å². The highest BCUT2D eigenvalue weighted by Crippen LogP contribution is 2.31. The standard InChI is InChI=1S/C31H28O10/c1-35-22-10-3-19(4-11-22)5-16-27(32)40-25-17-37-29-26(18-38-28(25)29)41-31(34)21-8-14-24(15-9-21)39-30(33)20-6-12-23(36-2)13-7-20/h3-16,25-26,28-29H,17-18H2,1-2H3/b16-5+/t25-,26-,28?,29?/m1/s1. The second-order valence-electron chi connectivity index (χ2n) is 9.26. The van der Waals surface area contributed by atoms with Crippen molar-refractivity contribution in [1.82, 2.24) is 0 Å². The molecule has 41 heavy (non-hydrogen) atoms. The molecule has 2 unspecified atom stereocenters. The summed E-state index contributed by atoms with van der Waals surface area (Å²) in [6.07, 6.45) is 0.563. The Morgan fingerprint density at radius 3 is 1.71 bits per heavy atom. The molecule has 5 rings (SSSR count). The van der Waals surface area contributed by atoms with Crippen molar-refractivity contribution in [3.05, 3.63) is 95.6 Å². The van der Waals surface area contributed by atoms with Crippen LogP contribution >= 0.6 is 0 Å². The third-order valence-electron chi connectivity index (χ3n) is 6.64. The second-order valence-corrected chi connectivity index (χ2v) is 9.26. The molecule has 0 N–H and O–H groups in total. The molecule has 10 nitrogen and oxygen atoms in total. The minimum atomic E-state index is -0.668. The maximum Gasteiger partial charge on any atom is 0.343 e. The second kappa shape index (κ2) is 12.7. The van der Waals surface area contributed by atoms with Crippen LogP contribution in [0.2, 0.25) is 0 Å². The third-order valence-corrected chi connectivity index (χ3v) is 6.64. The van der Waals surface area contributed by atoms with Gasteiger partial charge in [0.2, 0.25) is 0 Å². The summed E-state index contributed by atoms with van der Waals surface area (Å²) in [6.45, 7) is 0.230. The van der Waals surface area contributed by atoms with E-state index in [4.69, 9.17) is 33.2 Å². The first-order valence-electron chi connectivity index (χ1n) is 12.9. The van der Waals surface area contributed by atoms with E-state index in [0.29, 0.717) is 11.3 Å². The maximum atomic E-state index is 12.8. The number of carbonyl (C=O) groups excluding carboxylic acids is 3. The molecular formula is C31H28O10. The van der Waals surface area contributed by atoms with Crippen LogP contribution in [0.5, 0.6) is 17.2 Å². The molecule has 4 atom stereocenters. The average molecular weight is 561 g/mol. The Bertz CT molecular complexity index is 1400. The first-order valence-corrected chi connectivity index (χ1v) is 12.9. The van der Waals surface area contributed by atoms with Gasteiger partial charge in [0, 0.05) is 6.08 Å². The Morgan fingerprint density at radius 2 is 1.15 bits per heavy atom. The lowest BCUT2D eigenvalue weighted by atomic mass is 10.1. The fourth-order valence-electron chi connectivity index (χ4n) is 4.46. The van der Waals surface area contributed by atoms with Gasteiger partial charge in [0.25, 0.3) is 0 Å². The molecule has 2 saturated heterocycles. The molecule has 212 valence electrons. The number of hydrogen-bond donors (Lipinski definition) is 0. The lowest BCUT2D eigenvalue weighted by Crippen LogP contribution is -2.35. The first kappa shape index (κ1) is 27.9. The number of hydrogen-bond acceptors (Lipinski definition) is 10. The predicted molar refractivity (Wildman–Crippen MR) is 145 cm³/mol. The van der Waals surface area contributed by atoms with Crippen molar-refractivity contribution < 1.29 is 47.5 Å². The van der Waals surface area contributed by atoms with E-state index in [1.54, 1.807) is 49.6 Å². The highest BCUT2D eigenvalue weighted by atomic mass is 16.7. The molecule has 0 spiro atoms. The Balaban J connectivity index is 1.10. The third kappa shape index (κ3) is 6.74. The molecule has 2 aliphatic rings. The fourth-order valence-corrected chi connectivity index (χ4v) is 4.46. The molecule has 0 radical (unpaired) electrons. The number of ether oxygens (including phenoxy) is 7. The van der Waals surface area contributed by atoms with Crippen molar-refractivity contribution in [2.24, 2.45) is 0 Å². The number of methoxy groups -OCH3 is 2. The SMILES string of the molecule is COc1ccc(/C=C/C(=O)O[C@@H]2COC3C2OC[C@H]3OC(=O)c2ccc(OC(=O)c3ccc(OC)cc3)cc2)cc1. The predicted octanol–water partition coefficient (Wildman–Crippen LogP) is 3.87.